The molecule has 0 fully saturated rings. The van der Waals surface area contributed by atoms with Gasteiger partial charge in [0.25, 0.3) is 0 Å². The number of unbranched alkanes of at least 4 members (excludes halogenated alkanes) is 51. The van der Waals surface area contributed by atoms with E-state index in [4.69, 9.17) is 18.9 Å². The predicted octanol–water partition coefficient (Wildman–Crippen LogP) is 20.7. The largest absolute Gasteiger partial charge is 0.545 e. The molecule has 0 N–H and O–H groups in total. The lowest BCUT2D eigenvalue weighted by atomic mass is 10.0. The molecule has 0 aliphatic heterocycles. The summed E-state index contributed by atoms with van der Waals surface area (Å²) in [6.07, 6.45) is 74.8. The van der Waals surface area contributed by atoms with Gasteiger partial charge in [0, 0.05) is 12.8 Å². The van der Waals surface area contributed by atoms with E-state index in [2.05, 4.69) is 26.0 Å². The Morgan fingerprint density at radius 2 is 0.630 bits per heavy atom. The first kappa shape index (κ1) is 79.0. The number of hydrogen-bond donors (Lipinski definition) is 0. The summed E-state index contributed by atoms with van der Waals surface area (Å²) in [5.74, 6) is -2.27. The summed E-state index contributed by atoms with van der Waals surface area (Å²) in [5, 5.41) is 11.8. The molecule has 480 valence electrons. The molecule has 9 heteroatoms. The normalized spacial score (nSPS) is 12.7. The van der Waals surface area contributed by atoms with Crippen LogP contribution in [0, 0.1) is 0 Å². The number of ether oxygens (including phenoxy) is 4. The Labute approximate surface area is 504 Å². The zero-order valence-electron chi connectivity index (χ0n) is 54.9. The average molecular weight is 1150 g/mol. The van der Waals surface area contributed by atoms with Crippen LogP contribution in [-0.2, 0) is 33.3 Å². The average Bonchev–Trinajstić information content (AvgIpc) is 3.44. The molecule has 0 amide bonds. The maximum Gasteiger partial charge on any atom is 0.306 e. The molecule has 0 aliphatic carbocycles. The summed E-state index contributed by atoms with van der Waals surface area (Å²) < 4.78 is 22.8. The fourth-order valence-electron chi connectivity index (χ4n) is 11.0. The third-order valence-electron chi connectivity index (χ3n) is 16.5. The van der Waals surface area contributed by atoms with Crippen LogP contribution in [0.15, 0.2) is 12.2 Å². The van der Waals surface area contributed by atoms with Gasteiger partial charge in [-0.1, -0.05) is 334 Å². The lowest BCUT2D eigenvalue weighted by Gasteiger charge is -2.26. The van der Waals surface area contributed by atoms with E-state index >= 15 is 0 Å². The van der Waals surface area contributed by atoms with E-state index in [1.807, 2.05) is 21.1 Å². The van der Waals surface area contributed by atoms with Crippen molar-refractivity contribution in [1.82, 2.24) is 0 Å². The Balaban J connectivity index is 3.87. The van der Waals surface area contributed by atoms with Crippen LogP contribution in [0.2, 0.25) is 0 Å². The van der Waals surface area contributed by atoms with Gasteiger partial charge in [-0.15, -0.1) is 0 Å². The van der Waals surface area contributed by atoms with Gasteiger partial charge in [-0.25, -0.2) is 0 Å². The van der Waals surface area contributed by atoms with Gasteiger partial charge in [-0.3, -0.25) is 9.59 Å². The molecule has 0 aliphatic rings. The second kappa shape index (κ2) is 64.0. The first-order valence-corrected chi connectivity index (χ1v) is 35.8. The molecular weight excluding hydrogens is 1010 g/mol. The zero-order valence-corrected chi connectivity index (χ0v) is 54.9. The smallest absolute Gasteiger partial charge is 0.306 e. The van der Waals surface area contributed by atoms with Crippen LogP contribution < -0.4 is 5.11 Å². The molecule has 9 nitrogen and oxygen atoms in total. The van der Waals surface area contributed by atoms with Gasteiger partial charge in [-0.05, 0) is 38.5 Å². The molecule has 0 radical (unpaired) electrons. The highest BCUT2D eigenvalue weighted by atomic mass is 16.7. The number of carboxylic acids is 1. The topological polar surface area (TPSA) is 111 Å². The predicted molar refractivity (Wildman–Crippen MR) is 343 cm³/mol. The van der Waals surface area contributed by atoms with Crippen LogP contribution >= 0.6 is 0 Å². The Morgan fingerprint density at radius 1 is 0.358 bits per heavy atom. The minimum Gasteiger partial charge on any atom is -0.545 e. The van der Waals surface area contributed by atoms with Gasteiger partial charge < -0.3 is 33.3 Å². The molecule has 0 spiro atoms. The Hall–Kier alpha value is -1.97. The maximum atomic E-state index is 12.9. The van der Waals surface area contributed by atoms with Crippen molar-refractivity contribution >= 4 is 17.9 Å². The lowest BCUT2D eigenvalue weighted by Crippen LogP contribution is -2.44. The summed E-state index contributed by atoms with van der Waals surface area (Å²) >= 11 is 0. The summed E-state index contributed by atoms with van der Waals surface area (Å²) in [5.41, 5.74) is 0. The van der Waals surface area contributed by atoms with Gasteiger partial charge >= 0.3 is 11.9 Å². The van der Waals surface area contributed by atoms with Gasteiger partial charge in [-0.2, -0.15) is 0 Å². The molecule has 81 heavy (non-hydrogen) atoms. The molecule has 0 bridgehead atoms. The summed E-state index contributed by atoms with van der Waals surface area (Å²) in [6, 6.07) is 0. The molecule has 0 saturated carbocycles. The molecule has 0 aromatic rings. The first-order chi connectivity index (χ1) is 39.6. The van der Waals surface area contributed by atoms with Gasteiger partial charge in [0.15, 0.2) is 12.4 Å². The number of carbonyl (C=O) groups is 3. The van der Waals surface area contributed by atoms with Crippen LogP contribution in [0.5, 0.6) is 0 Å². The maximum absolute atomic E-state index is 12.9. The first-order valence-electron chi connectivity index (χ1n) is 35.8. The van der Waals surface area contributed by atoms with E-state index < -0.39 is 24.3 Å². The number of hydrogen-bond acceptors (Lipinski definition) is 8. The van der Waals surface area contributed by atoms with E-state index in [1.165, 1.54) is 289 Å². The van der Waals surface area contributed by atoms with Gasteiger partial charge in [0.2, 0.25) is 0 Å². The number of allylic oxidation sites excluding steroid dienone is 2. The highest BCUT2D eigenvalue weighted by Gasteiger charge is 2.22. The SMILES string of the molecule is CCCCCCCCC/C=C\CCCCCCCC(=O)OC(COC(=O)CCCCCCCCCCCCCCCCCCCCCCCCCCCCCCCCCCCCCCCCCC)COC(OCC[N+](C)(C)C)C(=O)[O-]. The van der Waals surface area contributed by atoms with Crippen molar-refractivity contribution in [1.29, 1.82) is 0 Å². The number of carbonyl (C=O) groups excluding carboxylic acids is 3. The van der Waals surface area contributed by atoms with E-state index in [1.54, 1.807) is 0 Å². The lowest BCUT2D eigenvalue weighted by molar-refractivity contribution is -0.870. The highest BCUT2D eigenvalue weighted by molar-refractivity contribution is 5.70. The molecule has 0 aromatic heterocycles. The van der Waals surface area contributed by atoms with E-state index in [0.29, 0.717) is 23.9 Å². The van der Waals surface area contributed by atoms with E-state index in [-0.39, 0.29) is 32.2 Å². The number of quaternary nitrogens is 1. The number of likely N-dealkylation sites (N-methyl/N-ethyl adjacent to an activating group) is 1. The van der Waals surface area contributed by atoms with Crippen molar-refractivity contribution in [3.8, 4) is 0 Å². The number of carboxylic acid groups (broad SMARTS) is 1. The van der Waals surface area contributed by atoms with E-state index in [9.17, 15) is 19.5 Å². The van der Waals surface area contributed by atoms with Crippen molar-refractivity contribution in [3.63, 3.8) is 0 Å². The van der Waals surface area contributed by atoms with Crippen molar-refractivity contribution in [2.45, 2.75) is 386 Å². The highest BCUT2D eigenvalue weighted by Crippen LogP contribution is 2.19. The quantitative estimate of drug-likeness (QED) is 0.0195. The fourth-order valence-corrected chi connectivity index (χ4v) is 11.0. The van der Waals surface area contributed by atoms with Gasteiger partial charge in [0.05, 0.1) is 40.3 Å². The molecule has 0 heterocycles. The van der Waals surface area contributed by atoms with Crippen molar-refractivity contribution in [2.75, 3.05) is 47.5 Å². The van der Waals surface area contributed by atoms with Gasteiger partial charge in [0.1, 0.15) is 13.2 Å². The second-order valence-corrected chi connectivity index (χ2v) is 25.9. The van der Waals surface area contributed by atoms with Crippen LogP contribution in [0.4, 0.5) is 0 Å². The molecule has 0 aromatic carbocycles. The molecular formula is C72H139NO8. The molecule has 2 unspecified atom stereocenters. The third kappa shape index (κ3) is 65.4. The van der Waals surface area contributed by atoms with Crippen LogP contribution in [0.3, 0.4) is 0 Å². The minimum absolute atomic E-state index is 0.150. The van der Waals surface area contributed by atoms with Crippen molar-refractivity contribution in [3.05, 3.63) is 12.2 Å². The minimum atomic E-state index is -1.62. The second-order valence-electron chi connectivity index (χ2n) is 25.9. The molecule has 2 atom stereocenters. The Kier molecular flexibility index (Phi) is 62.5. The van der Waals surface area contributed by atoms with Crippen LogP contribution in [0.25, 0.3) is 0 Å². The number of nitrogens with zero attached hydrogens (tertiary/aromatic N) is 1. The molecule has 0 rings (SSSR count). The van der Waals surface area contributed by atoms with Crippen LogP contribution in [0.1, 0.15) is 373 Å². The summed E-state index contributed by atoms with van der Waals surface area (Å²) in [6.45, 7) is 4.80. The Morgan fingerprint density at radius 3 is 0.914 bits per heavy atom. The fraction of sp³-hybridized carbons (Fsp3) is 0.931. The monoisotopic (exact) mass is 1150 g/mol. The number of rotatable bonds is 68. The van der Waals surface area contributed by atoms with Crippen molar-refractivity contribution in [2.24, 2.45) is 0 Å². The van der Waals surface area contributed by atoms with Crippen molar-refractivity contribution < 1.29 is 42.9 Å². The van der Waals surface area contributed by atoms with Crippen LogP contribution in [-0.4, -0.2) is 82.3 Å². The zero-order chi connectivity index (χ0) is 59.1. The number of aliphatic carboxylic acids is 1. The third-order valence-corrected chi connectivity index (χ3v) is 16.5. The van der Waals surface area contributed by atoms with E-state index in [0.717, 1.165) is 51.4 Å². The standard InChI is InChI=1S/C72H139NO8/c1-6-8-10-12-14-16-18-20-22-24-25-26-27-28-29-30-31-32-33-34-35-36-37-38-39-40-41-42-43-44-45-46-47-49-50-52-54-56-58-60-62-69(74)79-66-68(67-80-72(71(76)77)78-65-64-73(3,4)5)81-70(75)63-61-59-57-55-53-51-48-23-21-19-17-15-13-11-9-7-2/h23,48,68,72H,6-22,24-47,49-67H2,1-5H3/b48-23-. The molecule has 0 saturated heterocycles. The Bertz CT molecular complexity index is 1330. The number of esters is 2. The summed E-state index contributed by atoms with van der Waals surface area (Å²) in [7, 11) is 5.94. The summed E-state index contributed by atoms with van der Waals surface area (Å²) in [4.78, 5) is 37.4.